The van der Waals surface area contributed by atoms with Crippen LogP contribution >= 0.6 is 0 Å². The minimum Gasteiger partial charge on any atom is -0.376 e. The first-order valence-corrected chi connectivity index (χ1v) is 11.6. The van der Waals surface area contributed by atoms with E-state index in [9.17, 15) is 14.9 Å². The molecule has 35 heavy (non-hydrogen) atoms. The molecule has 0 saturated carbocycles. The van der Waals surface area contributed by atoms with Gasteiger partial charge in [0.05, 0.1) is 23.6 Å². The number of nitriles is 1. The van der Waals surface area contributed by atoms with E-state index in [1.807, 2.05) is 32.9 Å². The van der Waals surface area contributed by atoms with E-state index >= 15 is 0 Å². The molecule has 0 N–H and O–H groups in total. The summed E-state index contributed by atoms with van der Waals surface area (Å²) in [5, 5.41) is 10.3. The minimum absolute atomic E-state index is 0.125. The molecule has 4 heterocycles. The van der Waals surface area contributed by atoms with Gasteiger partial charge >= 0.3 is 0 Å². The van der Waals surface area contributed by atoms with Gasteiger partial charge in [-0.15, -0.1) is 0 Å². The molecule has 1 aromatic carbocycles. The van der Waals surface area contributed by atoms with Crippen LogP contribution in [-0.2, 0) is 11.3 Å². The molecule has 176 valence electrons. The molecule has 1 atom stereocenters. The quantitative estimate of drug-likeness (QED) is 0.430. The molecule has 1 amide bonds. The Balaban J connectivity index is 1.85. The van der Waals surface area contributed by atoms with Gasteiger partial charge < -0.3 is 9.30 Å². The molecule has 1 saturated heterocycles. The summed E-state index contributed by atoms with van der Waals surface area (Å²) in [4.78, 5) is 35.9. The average Bonchev–Trinajstić information content (AvgIpc) is 3.34. The van der Waals surface area contributed by atoms with E-state index in [0.717, 1.165) is 29.5 Å². The number of benzene rings is 1. The zero-order chi connectivity index (χ0) is 24.7. The van der Waals surface area contributed by atoms with Crippen molar-refractivity contribution in [1.29, 1.82) is 5.26 Å². The van der Waals surface area contributed by atoms with Crippen molar-refractivity contribution in [3.05, 3.63) is 86.3 Å². The van der Waals surface area contributed by atoms with Crippen LogP contribution in [0.2, 0.25) is 0 Å². The van der Waals surface area contributed by atoms with Gasteiger partial charge in [0.1, 0.15) is 17.4 Å². The van der Waals surface area contributed by atoms with E-state index < -0.39 is 5.91 Å². The van der Waals surface area contributed by atoms with Crippen molar-refractivity contribution >= 4 is 22.6 Å². The summed E-state index contributed by atoms with van der Waals surface area (Å²) < 4.78 is 9.04. The zero-order valence-corrected chi connectivity index (χ0v) is 19.9. The summed E-state index contributed by atoms with van der Waals surface area (Å²) in [5.41, 5.74) is 4.12. The summed E-state index contributed by atoms with van der Waals surface area (Å²) in [6.45, 7) is 6.70. The van der Waals surface area contributed by atoms with E-state index in [1.165, 1.54) is 10.5 Å². The number of aromatic nitrogens is 3. The first kappa shape index (κ1) is 22.7. The summed E-state index contributed by atoms with van der Waals surface area (Å²) in [6.07, 6.45) is 3.30. The van der Waals surface area contributed by atoms with Crippen LogP contribution in [0.3, 0.4) is 0 Å². The van der Waals surface area contributed by atoms with Crippen molar-refractivity contribution in [2.24, 2.45) is 4.99 Å². The molecule has 0 bridgehead atoms. The molecule has 4 aromatic rings. The molecule has 0 aliphatic carbocycles. The van der Waals surface area contributed by atoms with Crippen LogP contribution in [0, 0.1) is 32.1 Å². The van der Waals surface area contributed by atoms with Gasteiger partial charge in [0.25, 0.3) is 11.5 Å². The fraction of sp³-hybridized carbons (Fsp3) is 0.296. The summed E-state index contributed by atoms with van der Waals surface area (Å²) in [5.74, 6) is -0.456. The fourth-order valence-electron chi connectivity index (χ4n) is 4.71. The second kappa shape index (κ2) is 8.93. The van der Waals surface area contributed by atoms with Crippen LogP contribution in [0.4, 0.5) is 0 Å². The van der Waals surface area contributed by atoms with E-state index in [2.05, 4.69) is 11.1 Å². The van der Waals surface area contributed by atoms with Crippen LogP contribution in [-0.4, -0.2) is 32.6 Å². The van der Waals surface area contributed by atoms with E-state index in [0.29, 0.717) is 35.4 Å². The minimum atomic E-state index is -0.456. The maximum Gasteiger partial charge on any atom is 0.279 e. The Bertz CT molecular complexity index is 1650. The van der Waals surface area contributed by atoms with Crippen molar-refractivity contribution in [3.63, 3.8) is 0 Å². The normalized spacial score (nSPS) is 16.2. The van der Waals surface area contributed by atoms with Crippen LogP contribution in [0.5, 0.6) is 0 Å². The van der Waals surface area contributed by atoms with Gasteiger partial charge in [-0.25, -0.2) is 4.98 Å². The Hall–Kier alpha value is -4.09. The lowest BCUT2D eigenvalue weighted by molar-refractivity contribution is 0.0952. The molecular weight excluding hydrogens is 442 g/mol. The van der Waals surface area contributed by atoms with Crippen LogP contribution < -0.4 is 11.0 Å². The predicted octanol–water partition coefficient (Wildman–Crippen LogP) is 3.37. The fourth-order valence-corrected chi connectivity index (χ4v) is 4.71. The number of rotatable bonds is 3. The van der Waals surface area contributed by atoms with Gasteiger partial charge in [0.15, 0.2) is 5.49 Å². The lowest BCUT2D eigenvalue weighted by atomic mass is 10.1. The van der Waals surface area contributed by atoms with Gasteiger partial charge in [0.2, 0.25) is 0 Å². The molecule has 3 aromatic heterocycles. The van der Waals surface area contributed by atoms with E-state index in [4.69, 9.17) is 9.72 Å². The number of nitrogens with zero attached hydrogens (tertiary/aromatic N) is 5. The molecule has 1 aliphatic heterocycles. The van der Waals surface area contributed by atoms with Crippen molar-refractivity contribution in [3.8, 4) is 6.07 Å². The first-order chi connectivity index (χ1) is 16.9. The van der Waals surface area contributed by atoms with Crippen LogP contribution in [0.1, 0.15) is 45.5 Å². The standard InChI is InChI=1S/C27H25N5O3/c1-16-10-17(2)12-19(11-16)26(33)30-24-20(14-28)13-22-25(32(24)15-21-7-5-9-35-21)29-23-18(3)6-4-8-31(23)27(22)34/h4,6,8,10-13,21H,5,7,9,15H2,1-3H3/t21-/m1/s1. The van der Waals surface area contributed by atoms with Crippen molar-refractivity contribution < 1.29 is 9.53 Å². The lowest BCUT2D eigenvalue weighted by Gasteiger charge is -2.17. The number of carbonyl (C=O) groups excluding carboxylic acids is 1. The third-order valence-corrected chi connectivity index (χ3v) is 6.31. The molecule has 5 rings (SSSR count). The molecular formula is C27H25N5O3. The number of carbonyl (C=O) groups is 1. The van der Waals surface area contributed by atoms with Crippen LogP contribution in [0.15, 0.2) is 52.4 Å². The summed E-state index contributed by atoms with van der Waals surface area (Å²) in [6, 6.07) is 12.8. The average molecular weight is 468 g/mol. The highest BCUT2D eigenvalue weighted by Gasteiger charge is 2.21. The molecule has 1 fully saturated rings. The number of pyridine rings is 2. The number of hydrogen-bond acceptors (Lipinski definition) is 5. The maximum atomic E-state index is 13.4. The number of ether oxygens (including phenoxy) is 1. The molecule has 0 radical (unpaired) electrons. The Morgan fingerprint density at radius 2 is 1.97 bits per heavy atom. The number of aryl methyl sites for hydroxylation is 3. The number of hydrogen-bond donors (Lipinski definition) is 0. The third-order valence-electron chi connectivity index (χ3n) is 6.31. The van der Waals surface area contributed by atoms with Crippen molar-refractivity contribution in [1.82, 2.24) is 14.0 Å². The van der Waals surface area contributed by atoms with Gasteiger partial charge in [-0.05, 0) is 63.4 Å². The van der Waals surface area contributed by atoms with Crippen LogP contribution in [0.25, 0.3) is 16.7 Å². The van der Waals surface area contributed by atoms with Gasteiger partial charge in [-0.1, -0.05) is 23.3 Å². The van der Waals surface area contributed by atoms with Crippen molar-refractivity contribution in [2.75, 3.05) is 6.61 Å². The Labute approximate surface area is 201 Å². The Kier molecular flexibility index (Phi) is 5.79. The van der Waals surface area contributed by atoms with E-state index in [1.54, 1.807) is 29.0 Å². The highest BCUT2D eigenvalue weighted by atomic mass is 16.5. The summed E-state index contributed by atoms with van der Waals surface area (Å²) >= 11 is 0. The topological polar surface area (TPSA) is 102 Å². The highest BCUT2D eigenvalue weighted by Crippen LogP contribution is 2.18. The molecule has 8 heteroatoms. The van der Waals surface area contributed by atoms with Gasteiger partial charge in [-0.3, -0.25) is 14.0 Å². The first-order valence-electron chi connectivity index (χ1n) is 11.6. The number of fused-ring (bicyclic) bond motifs is 2. The van der Waals surface area contributed by atoms with Crippen molar-refractivity contribution in [2.45, 2.75) is 46.3 Å². The second-order valence-electron chi connectivity index (χ2n) is 9.07. The smallest absolute Gasteiger partial charge is 0.279 e. The lowest BCUT2D eigenvalue weighted by Crippen LogP contribution is -2.33. The monoisotopic (exact) mass is 467 g/mol. The Morgan fingerprint density at radius 3 is 2.66 bits per heavy atom. The molecule has 8 nitrogen and oxygen atoms in total. The van der Waals surface area contributed by atoms with Gasteiger partial charge in [0, 0.05) is 18.4 Å². The Morgan fingerprint density at radius 1 is 1.20 bits per heavy atom. The third kappa shape index (κ3) is 4.15. The molecule has 0 unspecified atom stereocenters. The largest absolute Gasteiger partial charge is 0.376 e. The predicted molar refractivity (Wildman–Crippen MR) is 131 cm³/mol. The highest BCUT2D eigenvalue weighted by molar-refractivity contribution is 5.95. The zero-order valence-electron chi connectivity index (χ0n) is 19.9. The number of amides is 1. The molecule has 1 aliphatic rings. The molecule has 0 spiro atoms. The maximum absolute atomic E-state index is 13.4. The van der Waals surface area contributed by atoms with Gasteiger partial charge in [-0.2, -0.15) is 10.3 Å². The summed E-state index contributed by atoms with van der Waals surface area (Å²) in [7, 11) is 0. The SMILES string of the molecule is Cc1cc(C)cc(C(=O)N=c2c(C#N)cc3c(=O)n4cccc(C)c4nc3n2C[C@H]2CCCO2)c1. The van der Waals surface area contributed by atoms with E-state index in [-0.39, 0.29) is 22.7 Å². The second-order valence-corrected chi connectivity index (χ2v) is 9.07.